The van der Waals surface area contributed by atoms with E-state index in [0.29, 0.717) is 23.8 Å². The highest BCUT2D eigenvalue weighted by Crippen LogP contribution is 2.21. The molecule has 0 amide bonds. The van der Waals surface area contributed by atoms with Crippen LogP contribution in [0.2, 0.25) is 0 Å². The van der Waals surface area contributed by atoms with Gasteiger partial charge in [0.15, 0.2) is 5.82 Å². The molecule has 1 aromatic carbocycles. The standard InChI is InChI=1S/C17H22F2N4O/c1-11(15-6-5-13(18)8-16(15)19)20-14-4-3-7-23(9-14)10-17-21-12(2)24-22-17/h5-6,8,11,14,20H,3-4,7,9-10H2,1-2H3/t11-,14+/m0/s1. The van der Waals surface area contributed by atoms with Crippen LogP contribution >= 0.6 is 0 Å². The molecule has 1 fully saturated rings. The molecular formula is C17H22F2N4O. The first-order valence-corrected chi connectivity index (χ1v) is 8.24. The first kappa shape index (κ1) is 17.0. The van der Waals surface area contributed by atoms with E-state index in [1.165, 1.54) is 12.1 Å². The number of benzene rings is 1. The Kier molecular flexibility index (Phi) is 5.20. The third-order valence-electron chi connectivity index (χ3n) is 4.35. The van der Waals surface area contributed by atoms with Crippen LogP contribution in [0.15, 0.2) is 22.7 Å². The molecule has 130 valence electrons. The molecule has 1 N–H and O–H groups in total. The van der Waals surface area contributed by atoms with E-state index in [1.54, 1.807) is 6.92 Å². The number of rotatable bonds is 5. The molecule has 0 saturated carbocycles. The topological polar surface area (TPSA) is 54.2 Å². The fourth-order valence-corrected chi connectivity index (χ4v) is 3.24. The Bertz CT molecular complexity index is 691. The quantitative estimate of drug-likeness (QED) is 0.910. The van der Waals surface area contributed by atoms with Gasteiger partial charge >= 0.3 is 0 Å². The summed E-state index contributed by atoms with van der Waals surface area (Å²) in [4.78, 5) is 6.50. The summed E-state index contributed by atoms with van der Waals surface area (Å²) in [6, 6.07) is 3.79. The van der Waals surface area contributed by atoms with Crippen molar-refractivity contribution >= 4 is 0 Å². The van der Waals surface area contributed by atoms with Crippen LogP contribution in [0.3, 0.4) is 0 Å². The third-order valence-corrected chi connectivity index (χ3v) is 4.35. The summed E-state index contributed by atoms with van der Waals surface area (Å²) in [5.74, 6) is 0.190. The monoisotopic (exact) mass is 336 g/mol. The number of piperidine rings is 1. The highest BCUT2D eigenvalue weighted by molar-refractivity contribution is 5.21. The van der Waals surface area contributed by atoms with Gasteiger partial charge in [0.2, 0.25) is 5.89 Å². The molecule has 7 heteroatoms. The smallest absolute Gasteiger partial charge is 0.223 e. The summed E-state index contributed by atoms with van der Waals surface area (Å²) in [5.41, 5.74) is 0.488. The van der Waals surface area contributed by atoms with Crippen molar-refractivity contribution in [1.29, 1.82) is 0 Å². The van der Waals surface area contributed by atoms with Crippen LogP contribution in [0, 0.1) is 18.6 Å². The van der Waals surface area contributed by atoms with Gasteiger partial charge in [-0.15, -0.1) is 0 Å². The fraction of sp³-hybridized carbons (Fsp3) is 0.529. The van der Waals surface area contributed by atoms with Gasteiger partial charge in [0.25, 0.3) is 0 Å². The highest BCUT2D eigenvalue weighted by Gasteiger charge is 2.23. The Labute approximate surface area is 140 Å². The molecule has 5 nitrogen and oxygen atoms in total. The molecule has 2 atom stereocenters. The summed E-state index contributed by atoms with van der Waals surface area (Å²) in [6.45, 7) is 6.13. The van der Waals surface area contributed by atoms with Crippen LogP contribution < -0.4 is 5.32 Å². The highest BCUT2D eigenvalue weighted by atomic mass is 19.1. The van der Waals surface area contributed by atoms with Gasteiger partial charge in [0.05, 0.1) is 6.54 Å². The van der Waals surface area contributed by atoms with Crippen molar-refractivity contribution in [3.05, 3.63) is 47.1 Å². The second kappa shape index (κ2) is 7.36. The van der Waals surface area contributed by atoms with E-state index in [1.807, 2.05) is 6.92 Å². The molecule has 2 aromatic rings. The first-order valence-electron chi connectivity index (χ1n) is 8.24. The SMILES string of the molecule is Cc1nc(CN2CCC[C@@H](N[C@@H](C)c3ccc(F)cc3F)C2)no1. The van der Waals surface area contributed by atoms with Crippen LogP contribution in [-0.2, 0) is 6.54 Å². The van der Waals surface area contributed by atoms with Gasteiger partial charge in [0, 0.05) is 37.2 Å². The second-order valence-electron chi connectivity index (χ2n) is 6.36. The molecule has 1 saturated heterocycles. The van der Waals surface area contributed by atoms with Crippen molar-refractivity contribution < 1.29 is 13.3 Å². The molecule has 1 aliphatic heterocycles. The third kappa shape index (κ3) is 4.15. The maximum absolute atomic E-state index is 13.9. The lowest BCUT2D eigenvalue weighted by Gasteiger charge is -2.34. The molecule has 0 aliphatic carbocycles. The Hall–Kier alpha value is -1.86. The van der Waals surface area contributed by atoms with Gasteiger partial charge in [-0.25, -0.2) is 8.78 Å². The lowest BCUT2D eigenvalue weighted by molar-refractivity contribution is 0.171. The molecule has 3 rings (SSSR count). The number of aromatic nitrogens is 2. The predicted octanol–water partition coefficient (Wildman–Crippen LogP) is 2.97. The van der Waals surface area contributed by atoms with Gasteiger partial charge < -0.3 is 9.84 Å². The van der Waals surface area contributed by atoms with Crippen molar-refractivity contribution in [3.63, 3.8) is 0 Å². The van der Waals surface area contributed by atoms with Crippen molar-refractivity contribution in [2.24, 2.45) is 0 Å². The number of likely N-dealkylation sites (tertiary alicyclic amines) is 1. The van der Waals surface area contributed by atoms with E-state index in [4.69, 9.17) is 4.52 Å². The van der Waals surface area contributed by atoms with Crippen molar-refractivity contribution in [2.75, 3.05) is 13.1 Å². The number of nitrogens with zero attached hydrogens (tertiary/aromatic N) is 3. The second-order valence-corrected chi connectivity index (χ2v) is 6.36. The van der Waals surface area contributed by atoms with Gasteiger partial charge in [-0.05, 0) is 32.4 Å². The Morgan fingerprint density at radius 2 is 2.25 bits per heavy atom. The van der Waals surface area contributed by atoms with Crippen LogP contribution in [-0.4, -0.2) is 34.2 Å². The minimum Gasteiger partial charge on any atom is -0.340 e. The zero-order chi connectivity index (χ0) is 17.1. The van der Waals surface area contributed by atoms with Gasteiger partial charge in [0.1, 0.15) is 11.6 Å². The molecule has 0 bridgehead atoms. The lowest BCUT2D eigenvalue weighted by atomic mass is 10.0. The molecule has 1 aromatic heterocycles. The number of hydrogen-bond donors (Lipinski definition) is 1. The molecule has 0 spiro atoms. The molecule has 24 heavy (non-hydrogen) atoms. The lowest BCUT2D eigenvalue weighted by Crippen LogP contribution is -2.46. The Balaban J connectivity index is 1.58. The van der Waals surface area contributed by atoms with Gasteiger partial charge in [-0.2, -0.15) is 4.98 Å². The molecule has 2 heterocycles. The number of hydrogen-bond acceptors (Lipinski definition) is 5. The van der Waals surface area contributed by atoms with Crippen LogP contribution in [0.25, 0.3) is 0 Å². The minimum absolute atomic E-state index is 0.178. The maximum atomic E-state index is 13.9. The summed E-state index contributed by atoms with van der Waals surface area (Å²) < 4.78 is 31.9. The van der Waals surface area contributed by atoms with Crippen LogP contribution in [0.5, 0.6) is 0 Å². The molecule has 0 unspecified atom stereocenters. The van der Waals surface area contributed by atoms with E-state index in [0.717, 1.165) is 32.0 Å². The molecule has 1 aliphatic rings. The van der Waals surface area contributed by atoms with E-state index < -0.39 is 11.6 Å². The maximum Gasteiger partial charge on any atom is 0.223 e. The van der Waals surface area contributed by atoms with E-state index in [9.17, 15) is 8.78 Å². The Morgan fingerprint density at radius 1 is 1.42 bits per heavy atom. The summed E-state index contributed by atoms with van der Waals surface area (Å²) >= 11 is 0. The molecular weight excluding hydrogens is 314 g/mol. The average Bonchev–Trinajstić information content (AvgIpc) is 2.92. The van der Waals surface area contributed by atoms with Crippen molar-refractivity contribution in [3.8, 4) is 0 Å². The summed E-state index contributed by atoms with van der Waals surface area (Å²) in [7, 11) is 0. The predicted molar refractivity (Wildman–Crippen MR) is 85.2 cm³/mol. The molecule has 0 radical (unpaired) electrons. The minimum atomic E-state index is -0.553. The van der Waals surface area contributed by atoms with Crippen LogP contribution in [0.4, 0.5) is 8.78 Å². The number of aryl methyl sites for hydroxylation is 1. The van der Waals surface area contributed by atoms with E-state index in [2.05, 4.69) is 20.4 Å². The van der Waals surface area contributed by atoms with Crippen LogP contribution in [0.1, 0.15) is 43.1 Å². The number of nitrogens with one attached hydrogen (secondary N) is 1. The average molecular weight is 336 g/mol. The normalized spacial score (nSPS) is 20.2. The first-order chi connectivity index (χ1) is 11.5. The van der Waals surface area contributed by atoms with E-state index in [-0.39, 0.29) is 12.1 Å². The zero-order valence-electron chi connectivity index (χ0n) is 13.9. The zero-order valence-corrected chi connectivity index (χ0v) is 13.9. The summed E-state index contributed by atoms with van der Waals surface area (Å²) in [6.07, 6.45) is 2.07. The van der Waals surface area contributed by atoms with Crippen molar-refractivity contribution in [2.45, 2.75) is 45.3 Å². The largest absolute Gasteiger partial charge is 0.340 e. The Morgan fingerprint density at radius 3 is 2.96 bits per heavy atom. The van der Waals surface area contributed by atoms with Crippen molar-refractivity contribution in [1.82, 2.24) is 20.4 Å². The van der Waals surface area contributed by atoms with E-state index >= 15 is 0 Å². The van der Waals surface area contributed by atoms with Gasteiger partial charge in [-0.1, -0.05) is 11.2 Å². The van der Waals surface area contributed by atoms with Gasteiger partial charge in [-0.3, -0.25) is 4.90 Å². The summed E-state index contributed by atoms with van der Waals surface area (Å²) in [5, 5.41) is 7.38. The fourth-order valence-electron chi connectivity index (χ4n) is 3.24. The number of halogens is 2.